The van der Waals surface area contributed by atoms with Gasteiger partial charge < -0.3 is 10.1 Å². The number of aromatic nitrogens is 2. The smallest absolute Gasteiger partial charge is 0.234 e. The van der Waals surface area contributed by atoms with Gasteiger partial charge in [0.25, 0.3) is 0 Å². The summed E-state index contributed by atoms with van der Waals surface area (Å²) in [5.74, 6) is 0.897. The van der Waals surface area contributed by atoms with Crippen molar-refractivity contribution in [3.63, 3.8) is 0 Å². The fourth-order valence-electron chi connectivity index (χ4n) is 2.86. The highest BCUT2D eigenvalue weighted by Gasteiger charge is 2.21. The Balaban J connectivity index is 1.60. The van der Waals surface area contributed by atoms with E-state index in [9.17, 15) is 4.79 Å². The first-order valence-electron chi connectivity index (χ1n) is 8.10. The molecule has 2 aromatic rings. The predicted molar refractivity (Wildman–Crippen MR) is 90.4 cm³/mol. The number of benzene rings is 1. The second-order valence-electron chi connectivity index (χ2n) is 6.19. The zero-order valence-electron chi connectivity index (χ0n) is 14.0. The minimum atomic E-state index is -0.0167. The fraction of sp³-hybridized carbons (Fsp3) is 0.389. The summed E-state index contributed by atoms with van der Waals surface area (Å²) >= 11 is 0. The topological polar surface area (TPSA) is 67.4 Å². The lowest BCUT2D eigenvalue weighted by atomic mass is 10.1. The van der Waals surface area contributed by atoms with E-state index in [-0.39, 0.29) is 12.0 Å². The van der Waals surface area contributed by atoms with E-state index in [1.54, 1.807) is 12.3 Å². The Morgan fingerprint density at radius 3 is 3.08 bits per heavy atom. The molecule has 24 heavy (non-hydrogen) atoms. The van der Waals surface area contributed by atoms with E-state index in [1.165, 1.54) is 11.9 Å². The third kappa shape index (κ3) is 4.29. The number of amides is 1. The van der Waals surface area contributed by atoms with Crippen molar-refractivity contribution in [1.29, 1.82) is 0 Å². The summed E-state index contributed by atoms with van der Waals surface area (Å²) in [5, 5.41) is 2.91. The average Bonchev–Trinajstić information content (AvgIpc) is 2.71. The minimum Gasteiger partial charge on any atom is -0.489 e. The molecule has 0 saturated carbocycles. The molecule has 3 rings (SSSR count). The number of nitrogens with zero attached hydrogens (tertiary/aromatic N) is 3. The van der Waals surface area contributed by atoms with Gasteiger partial charge in [0.15, 0.2) is 0 Å². The molecule has 126 valence electrons. The van der Waals surface area contributed by atoms with Gasteiger partial charge in [-0.25, -0.2) is 9.97 Å². The van der Waals surface area contributed by atoms with Gasteiger partial charge in [-0.2, -0.15) is 0 Å². The van der Waals surface area contributed by atoms with Crippen LogP contribution >= 0.6 is 0 Å². The van der Waals surface area contributed by atoms with Crippen LogP contribution in [0.1, 0.15) is 23.7 Å². The van der Waals surface area contributed by atoms with Gasteiger partial charge in [0.2, 0.25) is 5.91 Å². The average molecular weight is 326 g/mol. The summed E-state index contributed by atoms with van der Waals surface area (Å²) < 4.78 is 5.96. The SMILES string of the molecule is Cc1ccc2c(c1)CN(CC(=O)NCc1ccncn1)CC(C)O2. The summed E-state index contributed by atoms with van der Waals surface area (Å²) in [6, 6.07) is 7.98. The van der Waals surface area contributed by atoms with Crippen molar-refractivity contribution in [2.75, 3.05) is 13.1 Å². The molecule has 0 aliphatic carbocycles. The first-order valence-corrected chi connectivity index (χ1v) is 8.10. The third-order valence-electron chi connectivity index (χ3n) is 3.93. The second kappa shape index (κ2) is 7.40. The number of rotatable bonds is 4. The minimum absolute atomic E-state index is 0.0167. The van der Waals surface area contributed by atoms with Crippen molar-refractivity contribution in [3.8, 4) is 5.75 Å². The Hall–Kier alpha value is -2.47. The number of nitrogens with one attached hydrogen (secondary N) is 1. The zero-order chi connectivity index (χ0) is 16.9. The van der Waals surface area contributed by atoms with E-state index in [4.69, 9.17) is 4.74 Å². The van der Waals surface area contributed by atoms with Crippen molar-refractivity contribution in [1.82, 2.24) is 20.2 Å². The van der Waals surface area contributed by atoms with Crippen LogP contribution in [0.15, 0.2) is 36.8 Å². The third-order valence-corrected chi connectivity index (χ3v) is 3.93. The van der Waals surface area contributed by atoms with E-state index < -0.39 is 0 Å². The van der Waals surface area contributed by atoms with Gasteiger partial charge in [-0.05, 0) is 26.0 Å². The molecule has 1 aromatic heterocycles. The molecule has 1 aromatic carbocycles. The monoisotopic (exact) mass is 326 g/mol. The highest BCUT2D eigenvalue weighted by Crippen LogP contribution is 2.25. The van der Waals surface area contributed by atoms with E-state index in [0.29, 0.717) is 26.2 Å². The van der Waals surface area contributed by atoms with Crippen LogP contribution < -0.4 is 10.1 Å². The first kappa shape index (κ1) is 16.4. The Bertz CT molecular complexity index is 705. The Morgan fingerprint density at radius 1 is 1.42 bits per heavy atom. The van der Waals surface area contributed by atoms with Crippen LogP contribution in [0.3, 0.4) is 0 Å². The molecule has 2 heterocycles. The molecule has 1 amide bonds. The highest BCUT2D eigenvalue weighted by atomic mass is 16.5. The molecule has 1 aliphatic heterocycles. The van der Waals surface area contributed by atoms with Gasteiger partial charge in [-0.15, -0.1) is 0 Å². The maximum Gasteiger partial charge on any atom is 0.234 e. The Morgan fingerprint density at radius 2 is 2.29 bits per heavy atom. The number of ether oxygens (including phenoxy) is 1. The maximum atomic E-state index is 12.2. The van der Waals surface area contributed by atoms with Crippen molar-refractivity contribution in [2.45, 2.75) is 33.0 Å². The molecule has 0 radical (unpaired) electrons. The molecular weight excluding hydrogens is 304 g/mol. The largest absolute Gasteiger partial charge is 0.489 e. The lowest BCUT2D eigenvalue weighted by Gasteiger charge is -2.21. The lowest BCUT2D eigenvalue weighted by Crippen LogP contribution is -2.39. The number of carbonyl (C=O) groups excluding carboxylic acids is 1. The summed E-state index contributed by atoms with van der Waals surface area (Å²) in [6.45, 7) is 6.27. The normalized spacial score (nSPS) is 17.5. The molecule has 1 N–H and O–H groups in total. The zero-order valence-corrected chi connectivity index (χ0v) is 14.0. The first-order chi connectivity index (χ1) is 11.6. The van der Waals surface area contributed by atoms with Gasteiger partial charge in [0.1, 0.15) is 18.2 Å². The van der Waals surface area contributed by atoms with Gasteiger partial charge in [0.05, 0.1) is 18.8 Å². The van der Waals surface area contributed by atoms with Crippen molar-refractivity contribution in [2.24, 2.45) is 0 Å². The van der Waals surface area contributed by atoms with Gasteiger partial charge in [-0.3, -0.25) is 9.69 Å². The van der Waals surface area contributed by atoms with E-state index in [2.05, 4.69) is 39.2 Å². The van der Waals surface area contributed by atoms with Crippen LogP contribution in [0.4, 0.5) is 0 Å². The molecule has 0 fully saturated rings. The molecule has 0 spiro atoms. The predicted octanol–water partition coefficient (Wildman–Crippen LogP) is 1.68. The highest BCUT2D eigenvalue weighted by molar-refractivity contribution is 5.78. The van der Waals surface area contributed by atoms with Gasteiger partial charge >= 0.3 is 0 Å². The fourth-order valence-corrected chi connectivity index (χ4v) is 2.86. The van der Waals surface area contributed by atoms with E-state index in [1.807, 2.05) is 13.0 Å². The molecule has 1 aliphatic rings. The number of hydrogen-bond donors (Lipinski definition) is 1. The number of aryl methyl sites for hydroxylation is 1. The molecular formula is C18H22N4O2. The van der Waals surface area contributed by atoms with Crippen LogP contribution in [-0.2, 0) is 17.9 Å². The summed E-state index contributed by atoms with van der Waals surface area (Å²) in [7, 11) is 0. The van der Waals surface area contributed by atoms with Crippen LogP contribution in [0.25, 0.3) is 0 Å². The van der Waals surface area contributed by atoms with Crippen molar-refractivity contribution < 1.29 is 9.53 Å². The second-order valence-corrected chi connectivity index (χ2v) is 6.19. The van der Waals surface area contributed by atoms with Crippen LogP contribution in [-0.4, -0.2) is 40.0 Å². The van der Waals surface area contributed by atoms with Crippen LogP contribution in [0.2, 0.25) is 0 Å². The van der Waals surface area contributed by atoms with Gasteiger partial charge in [0, 0.05) is 24.8 Å². The quantitative estimate of drug-likeness (QED) is 0.926. The van der Waals surface area contributed by atoms with Gasteiger partial charge in [-0.1, -0.05) is 17.7 Å². The molecule has 1 atom stereocenters. The summed E-state index contributed by atoms with van der Waals surface area (Å²) in [4.78, 5) is 22.3. The summed E-state index contributed by atoms with van der Waals surface area (Å²) in [6.07, 6.45) is 3.19. The van der Waals surface area contributed by atoms with E-state index in [0.717, 1.165) is 17.0 Å². The maximum absolute atomic E-state index is 12.2. The molecule has 0 bridgehead atoms. The van der Waals surface area contributed by atoms with Crippen molar-refractivity contribution in [3.05, 3.63) is 53.6 Å². The number of hydrogen-bond acceptors (Lipinski definition) is 5. The van der Waals surface area contributed by atoms with Crippen molar-refractivity contribution >= 4 is 5.91 Å². The molecule has 1 unspecified atom stereocenters. The standard InChI is InChI=1S/C18H22N4O2/c1-13-3-4-17-15(7-13)10-22(9-14(2)24-17)11-18(23)20-8-16-5-6-19-12-21-16/h3-7,12,14H,8-11H2,1-2H3,(H,20,23). The van der Waals surface area contributed by atoms with Crippen LogP contribution in [0, 0.1) is 6.92 Å². The number of fused-ring (bicyclic) bond motifs is 1. The lowest BCUT2D eigenvalue weighted by molar-refractivity contribution is -0.122. The Labute approximate surface area is 141 Å². The molecule has 6 heteroatoms. The molecule has 0 saturated heterocycles. The van der Waals surface area contributed by atoms with E-state index >= 15 is 0 Å². The molecule has 6 nitrogen and oxygen atoms in total. The summed E-state index contributed by atoms with van der Waals surface area (Å²) in [5.41, 5.74) is 3.12. The number of carbonyl (C=O) groups is 1. The van der Waals surface area contributed by atoms with Crippen LogP contribution in [0.5, 0.6) is 5.75 Å². The Kier molecular flexibility index (Phi) is 5.05.